The number of nitrogens with one attached hydrogen (secondary N) is 1. The van der Waals surface area contributed by atoms with E-state index in [-0.39, 0.29) is 32.7 Å². The lowest BCUT2D eigenvalue weighted by Crippen LogP contribution is -2.23. The van der Waals surface area contributed by atoms with Crippen LogP contribution in [-0.4, -0.2) is 32.9 Å². The quantitative estimate of drug-likeness (QED) is 0.467. The van der Waals surface area contributed by atoms with Crippen LogP contribution in [-0.2, 0) is 9.59 Å². The van der Waals surface area contributed by atoms with E-state index in [0.29, 0.717) is 0 Å². The van der Waals surface area contributed by atoms with Gasteiger partial charge < -0.3 is 15.2 Å². The van der Waals surface area contributed by atoms with E-state index in [1.54, 1.807) is 6.07 Å². The number of hydrogen-bond acceptors (Lipinski definition) is 3. The molecule has 6 nitrogen and oxygen atoms in total. The van der Waals surface area contributed by atoms with E-state index in [4.69, 9.17) is 11.6 Å². The molecule has 3 N–H and O–H groups in total. The topological polar surface area (TPSA) is 107 Å². The molecule has 1 heterocycles. The molecule has 0 aliphatic heterocycles. The number of carboxylic acids is 2. The number of carboxylic acid groups (broad SMARTS) is 2. The Bertz CT molecular complexity index is 1040. The number of halogens is 2. The molecule has 1 aromatic heterocycles. The number of hydrogen-bond donors (Lipinski definition) is 3. The van der Waals surface area contributed by atoms with Crippen molar-refractivity contribution in [1.82, 2.24) is 4.98 Å². The van der Waals surface area contributed by atoms with Crippen molar-refractivity contribution >= 4 is 40.2 Å². The molecule has 3 rings (SSSR count). The molecule has 0 saturated carbocycles. The minimum absolute atomic E-state index is 0.0187. The second-order valence-electron chi connectivity index (χ2n) is 5.55. The predicted molar refractivity (Wildman–Crippen MR) is 91.2 cm³/mol. The smallest absolute Gasteiger partial charge is 0.322 e. The third kappa shape index (κ3) is 3.04. The fraction of sp³-hybridized carbons (Fsp3) is 0.0556. The van der Waals surface area contributed by atoms with E-state index in [2.05, 4.69) is 4.98 Å². The minimum atomic E-state index is -2.04. The summed E-state index contributed by atoms with van der Waals surface area (Å²) in [7, 11) is 0. The molecule has 0 unspecified atom stereocenters. The van der Waals surface area contributed by atoms with E-state index in [1.807, 2.05) is 0 Å². The molecule has 132 valence electrons. The molecule has 8 heteroatoms. The SMILES string of the molecule is O=C(c1cccc(Cl)c1)c1[nH]c2ccc(F)cc2c1C(C(=O)O)C(=O)O. The number of benzene rings is 2. The molecule has 0 atom stereocenters. The third-order valence-corrected chi connectivity index (χ3v) is 4.13. The molecular weight excluding hydrogens is 365 g/mol. The van der Waals surface area contributed by atoms with E-state index < -0.39 is 29.5 Å². The normalized spacial score (nSPS) is 11.0. The first-order valence-corrected chi connectivity index (χ1v) is 7.74. The number of carbonyl (C=O) groups excluding carboxylic acids is 1. The fourth-order valence-electron chi connectivity index (χ4n) is 2.79. The summed E-state index contributed by atoms with van der Waals surface area (Å²) in [6.07, 6.45) is 0. The van der Waals surface area contributed by atoms with Gasteiger partial charge in [0.15, 0.2) is 5.92 Å². The number of aromatic amines is 1. The minimum Gasteiger partial charge on any atom is -0.480 e. The number of aromatic nitrogens is 1. The highest BCUT2D eigenvalue weighted by molar-refractivity contribution is 6.31. The second kappa shape index (κ2) is 6.61. The summed E-state index contributed by atoms with van der Waals surface area (Å²) in [5.41, 5.74) is -0.147. The van der Waals surface area contributed by atoms with Gasteiger partial charge in [0.2, 0.25) is 5.78 Å². The van der Waals surface area contributed by atoms with Crippen LogP contribution < -0.4 is 0 Å². The van der Waals surface area contributed by atoms with E-state index in [9.17, 15) is 29.0 Å². The molecule has 0 aliphatic rings. The van der Waals surface area contributed by atoms with Gasteiger partial charge in [-0.3, -0.25) is 14.4 Å². The highest BCUT2D eigenvalue weighted by atomic mass is 35.5. The summed E-state index contributed by atoms with van der Waals surface area (Å²) < 4.78 is 13.7. The summed E-state index contributed by atoms with van der Waals surface area (Å²) in [5.74, 6) is -6.70. The molecule has 2 aromatic carbocycles. The molecular formula is C18H11ClFNO5. The van der Waals surface area contributed by atoms with Gasteiger partial charge in [-0.05, 0) is 30.3 Å². The van der Waals surface area contributed by atoms with Gasteiger partial charge in [-0.1, -0.05) is 23.7 Å². The number of aliphatic carboxylic acids is 2. The van der Waals surface area contributed by atoms with E-state index in [1.165, 1.54) is 24.3 Å². The maximum Gasteiger partial charge on any atom is 0.322 e. The molecule has 0 aliphatic carbocycles. The summed E-state index contributed by atoms with van der Waals surface area (Å²) in [4.78, 5) is 38.6. The first-order chi connectivity index (χ1) is 12.3. The van der Waals surface area contributed by atoms with Gasteiger partial charge in [0.05, 0.1) is 5.69 Å². The molecule has 26 heavy (non-hydrogen) atoms. The van der Waals surface area contributed by atoms with Gasteiger partial charge in [-0.25, -0.2) is 4.39 Å². The van der Waals surface area contributed by atoms with Gasteiger partial charge in [0, 0.05) is 27.1 Å². The molecule has 0 spiro atoms. The van der Waals surface area contributed by atoms with Gasteiger partial charge in [0.1, 0.15) is 5.82 Å². The maximum atomic E-state index is 13.7. The van der Waals surface area contributed by atoms with E-state index >= 15 is 0 Å². The Morgan fingerprint density at radius 2 is 1.73 bits per heavy atom. The van der Waals surface area contributed by atoms with Gasteiger partial charge in [-0.2, -0.15) is 0 Å². The Labute approximate surface area is 150 Å². The zero-order chi connectivity index (χ0) is 19.0. The Balaban J connectivity index is 2.31. The zero-order valence-corrected chi connectivity index (χ0v) is 13.7. The summed E-state index contributed by atoms with van der Waals surface area (Å²) in [6.45, 7) is 0. The van der Waals surface area contributed by atoms with Crippen molar-refractivity contribution < 1.29 is 29.0 Å². The lowest BCUT2D eigenvalue weighted by molar-refractivity contribution is -0.149. The number of ketones is 1. The standard InChI is InChI=1S/C18H11ClFNO5/c19-9-3-1-2-8(6-9)16(22)15-13(14(17(23)24)18(25)26)11-7-10(20)4-5-12(11)21-15/h1-7,14,21H,(H,23,24)(H,25,26). The predicted octanol–water partition coefficient (Wildman–Crippen LogP) is 3.44. The molecule has 0 bridgehead atoms. The Morgan fingerprint density at radius 1 is 1.04 bits per heavy atom. The zero-order valence-electron chi connectivity index (χ0n) is 13.0. The van der Waals surface area contributed by atoms with Crippen LogP contribution in [0.25, 0.3) is 10.9 Å². The van der Waals surface area contributed by atoms with Crippen molar-refractivity contribution in [3.05, 3.63) is 70.1 Å². The molecule has 0 saturated heterocycles. The highest BCUT2D eigenvalue weighted by Gasteiger charge is 2.35. The van der Waals surface area contributed by atoms with Crippen LogP contribution in [0.4, 0.5) is 4.39 Å². The number of rotatable bonds is 5. The van der Waals surface area contributed by atoms with Crippen LogP contribution in [0.2, 0.25) is 5.02 Å². The van der Waals surface area contributed by atoms with Gasteiger partial charge >= 0.3 is 11.9 Å². The highest BCUT2D eigenvalue weighted by Crippen LogP contribution is 2.32. The molecule has 0 radical (unpaired) electrons. The number of H-pyrrole nitrogens is 1. The Hall–Kier alpha value is -3.19. The van der Waals surface area contributed by atoms with Gasteiger partial charge in [-0.15, -0.1) is 0 Å². The van der Waals surface area contributed by atoms with Crippen LogP contribution in [0.5, 0.6) is 0 Å². The Morgan fingerprint density at radius 3 is 2.35 bits per heavy atom. The van der Waals surface area contributed by atoms with Crippen molar-refractivity contribution in [2.75, 3.05) is 0 Å². The van der Waals surface area contributed by atoms with Gasteiger partial charge in [0.25, 0.3) is 0 Å². The average Bonchev–Trinajstić information content (AvgIpc) is 2.92. The first-order valence-electron chi connectivity index (χ1n) is 7.36. The summed E-state index contributed by atoms with van der Waals surface area (Å²) in [6, 6.07) is 9.34. The van der Waals surface area contributed by atoms with Crippen LogP contribution in [0, 0.1) is 5.82 Å². The summed E-state index contributed by atoms with van der Waals surface area (Å²) >= 11 is 5.88. The average molecular weight is 376 g/mol. The van der Waals surface area contributed by atoms with Crippen LogP contribution >= 0.6 is 11.6 Å². The molecule has 0 fully saturated rings. The van der Waals surface area contributed by atoms with Crippen LogP contribution in [0.3, 0.4) is 0 Å². The van der Waals surface area contributed by atoms with Crippen molar-refractivity contribution in [3.8, 4) is 0 Å². The number of carbonyl (C=O) groups is 3. The van der Waals surface area contributed by atoms with Crippen molar-refractivity contribution in [2.24, 2.45) is 0 Å². The Kier molecular flexibility index (Phi) is 4.48. The van der Waals surface area contributed by atoms with Crippen molar-refractivity contribution in [3.63, 3.8) is 0 Å². The summed E-state index contributed by atoms with van der Waals surface area (Å²) in [5, 5.41) is 19.0. The lowest BCUT2D eigenvalue weighted by atomic mass is 9.93. The largest absolute Gasteiger partial charge is 0.480 e. The second-order valence-corrected chi connectivity index (χ2v) is 5.99. The number of fused-ring (bicyclic) bond motifs is 1. The van der Waals surface area contributed by atoms with Crippen LogP contribution in [0.1, 0.15) is 27.5 Å². The van der Waals surface area contributed by atoms with Crippen molar-refractivity contribution in [2.45, 2.75) is 5.92 Å². The molecule has 3 aromatic rings. The van der Waals surface area contributed by atoms with Crippen molar-refractivity contribution in [1.29, 1.82) is 0 Å². The monoisotopic (exact) mass is 375 g/mol. The van der Waals surface area contributed by atoms with E-state index in [0.717, 1.165) is 12.1 Å². The maximum absolute atomic E-state index is 13.7. The molecule has 0 amide bonds. The van der Waals surface area contributed by atoms with Crippen LogP contribution in [0.15, 0.2) is 42.5 Å². The lowest BCUT2D eigenvalue weighted by Gasteiger charge is -2.10. The first kappa shape index (κ1) is 17.6. The fourth-order valence-corrected chi connectivity index (χ4v) is 2.98. The third-order valence-electron chi connectivity index (χ3n) is 3.90.